The van der Waals surface area contributed by atoms with Crippen molar-refractivity contribution in [2.75, 3.05) is 32.7 Å². The van der Waals surface area contributed by atoms with E-state index in [0.29, 0.717) is 17.8 Å². The molecule has 0 saturated carbocycles. The standard InChI is InChI=1S/C21H26F6N4O2/c1-14(2)29-12-16(17(28)15-6-4-3-5-7-15)13-30-8-10-31(11-9-30)19(32)33-18(20(22,23)24)21(25,26)27/h3-7,12,14,18H,8-11,13,28H2,1-2H3/b17-16+,29-12?. The summed E-state index contributed by atoms with van der Waals surface area (Å²) in [5.41, 5.74) is 8.31. The SMILES string of the molecule is CC(C)N=C/C(CN1CCN(C(=O)OC(C(F)(F)F)C(F)(F)F)CC1)=C(\N)c1ccccc1. The van der Waals surface area contributed by atoms with Crippen molar-refractivity contribution in [2.45, 2.75) is 38.3 Å². The van der Waals surface area contributed by atoms with Crippen LogP contribution in [0.5, 0.6) is 0 Å². The molecule has 1 aromatic carbocycles. The lowest BCUT2D eigenvalue weighted by Crippen LogP contribution is -2.53. The Kier molecular flexibility index (Phi) is 8.76. The number of aliphatic imine (C=N–C) groups is 1. The number of amides is 1. The average molecular weight is 480 g/mol. The zero-order chi connectivity index (χ0) is 24.8. The zero-order valence-electron chi connectivity index (χ0n) is 18.2. The Labute approximate surface area is 187 Å². The third-order valence-electron chi connectivity index (χ3n) is 4.80. The number of halogens is 6. The summed E-state index contributed by atoms with van der Waals surface area (Å²) in [4.78, 5) is 19.0. The Morgan fingerprint density at radius 2 is 1.61 bits per heavy atom. The van der Waals surface area contributed by atoms with Gasteiger partial charge in [-0.15, -0.1) is 0 Å². The number of carbonyl (C=O) groups is 1. The van der Waals surface area contributed by atoms with Crippen LogP contribution in [0.1, 0.15) is 19.4 Å². The van der Waals surface area contributed by atoms with Crippen molar-refractivity contribution in [3.05, 3.63) is 41.5 Å². The molecule has 0 aliphatic carbocycles. The molecule has 1 saturated heterocycles. The molecule has 1 heterocycles. The van der Waals surface area contributed by atoms with Crippen molar-refractivity contribution < 1.29 is 35.9 Å². The van der Waals surface area contributed by atoms with Gasteiger partial charge < -0.3 is 15.4 Å². The molecule has 1 aliphatic rings. The van der Waals surface area contributed by atoms with Crippen LogP contribution in [0.4, 0.5) is 31.1 Å². The molecule has 1 aliphatic heterocycles. The summed E-state index contributed by atoms with van der Waals surface area (Å²) in [6.45, 7) is 4.35. The van der Waals surface area contributed by atoms with Crippen molar-refractivity contribution in [3.8, 4) is 0 Å². The van der Waals surface area contributed by atoms with Crippen LogP contribution in [0.3, 0.4) is 0 Å². The zero-order valence-corrected chi connectivity index (χ0v) is 18.2. The fourth-order valence-electron chi connectivity index (χ4n) is 3.06. The summed E-state index contributed by atoms with van der Waals surface area (Å²) in [5, 5.41) is 0. The molecule has 0 unspecified atom stereocenters. The van der Waals surface area contributed by atoms with Crippen molar-refractivity contribution in [3.63, 3.8) is 0 Å². The van der Waals surface area contributed by atoms with Crippen molar-refractivity contribution in [1.29, 1.82) is 0 Å². The predicted octanol–water partition coefficient (Wildman–Crippen LogP) is 4.08. The van der Waals surface area contributed by atoms with Crippen molar-refractivity contribution in [1.82, 2.24) is 9.80 Å². The largest absolute Gasteiger partial charge is 0.434 e. The summed E-state index contributed by atoms with van der Waals surface area (Å²) in [6, 6.07) is 9.20. The lowest BCUT2D eigenvalue weighted by molar-refractivity contribution is -0.308. The molecule has 184 valence electrons. The molecule has 1 fully saturated rings. The first-order valence-electron chi connectivity index (χ1n) is 10.2. The highest BCUT2D eigenvalue weighted by molar-refractivity contribution is 5.90. The minimum atomic E-state index is -5.75. The van der Waals surface area contributed by atoms with E-state index >= 15 is 0 Å². The van der Waals surface area contributed by atoms with Gasteiger partial charge in [0.1, 0.15) is 0 Å². The average Bonchev–Trinajstić information content (AvgIpc) is 2.73. The van der Waals surface area contributed by atoms with Gasteiger partial charge in [-0.25, -0.2) is 4.79 Å². The van der Waals surface area contributed by atoms with Crippen LogP contribution in [0.15, 0.2) is 40.9 Å². The minimum absolute atomic E-state index is 0.0189. The molecular weight excluding hydrogens is 454 g/mol. The number of ether oxygens (including phenoxy) is 1. The summed E-state index contributed by atoms with van der Waals surface area (Å²) in [6.07, 6.45) is -15.7. The molecule has 0 aromatic heterocycles. The minimum Gasteiger partial charge on any atom is -0.426 e. The van der Waals surface area contributed by atoms with Gasteiger partial charge in [-0.3, -0.25) is 9.89 Å². The molecule has 6 nitrogen and oxygen atoms in total. The number of nitrogens with two attached hydrogens (primary N) is 1. The summed E-state index contributed by atoms with van der Waals surface area (Å²) >= 11 is 0. The monoisotopic (exact) mass is 480 g/mol. The second-order valence-electron chi connectivity index (χ2n) is 7.79. The Bertz CT molecular complexity index is 831. The van der Waals surface area contributed by atoms with Crippen LogP contribution in [0, 0.1) is 0 Å². The maximum Gasteiger partial charge on any atom is 0.434 e. The highest BCUT2D eigenvalue weighted by Gasteiger charge is 2.60. The second-order valence-corrected chi connectivity index (χ2v) is 7.79. The molecule has 1 aromatic rings. The van der Waals surface area contributed by atoms with Gasteiger partial charge in [0.05, 0.1) is 0 Å². The summed E-state index contributed by atoms with van der Waals surface area (Å²) in [5.74, 6) is 0. The fourth-order valence-corrected chi connectivity index (χ4v) is 3.06. The number of piperazine rings is 1. The van der Waals surface area contributed by atoms with Gasteiger partial charge >= 0.3 is 18.4 Å². The van der Waals surface area contributed by atoms with Gasteiger partial charge in [0.2, 0.25) is 0 Å². The third kappa shape index (κ3) is 7.95. The molecule has 2 rings (SSSR count). The number of nitrogens with zero attached hydrogens (tertiary/aromatic N) is 3. The third-order valence-corrected chi connectivity index (χ3v) is 4.80. The van der Waals surface area contributed by atoms with Crippen LogP contribution in [0.25, 0.3) is 5.70 Å². The second kappa shape index (κ2) is 10.9. The molecule has 1 amide bonds. The van der Waals surface area contributed by atoms with E-state index < -0.39 is 24.5 Å². The molecule has 0 bridgehead atoms. The van der Waals surface area contributed by atoms with Crippen LogP contribution in [0.2, 0.25) is 0 Å². The van der Waals surface area contributed by atoms with E-state index in [1.54, 1.807) is 6.21 Å². The molecule has 12 heteroatoms. The van der Waals surface area contributed by atoms with Crippen LogP contribution in [-0.4, -0.2) is 79.3 Å². The van der Waals surface area contributed by atoms with Crippen molar-refractivity contribution in [2.24, 2.45) is 10.7 Å². The van der Waals surface area contributed by atoms with E-state index in [1.807, 2.05) is 49.1 Å². The van der Waals surface area contributed by atoms with E-state index in [2.05, 4.69) is 9.73 Å². The van der Waals surface area contributed by atoms with E-state index in [4.69, 9.17) is 5.73 Å². The van der Waals surface area contributed by atoms with Gasteiger partial charge in [0, 0.05) is 56.3 Å². The molecule has 2 N–H and O–H groups in total. The fraction of sp³-hybridized carbons (Fsp3) is 0.524. The normalized spacial score (nSPS) is 17.1. The molecule has 33 heavy (non-hydrogen) atoms. The number of carbonyl (C=O) groups excluding carboxylic acids is 1. The van der Waals surface area contributed by atoms with Crippen LogP contribution < -0.4 is 5.73 Å². The highest BCUT2D eigenvalue weighted by atomic mass is 19.4. The maximum atomic E-state index is 12.6. The van der Waals surface area contributed by atoms with E-state index in [-0.39, 0.29) is 32.2 Å². The lowest BCUT2D eigenvalue weighted by atomic mass is 10.1. The van der Waals surface area contributed by atoms with Gasteiger partial charge in [-0.2, -0.15) is 26.3 Å². The Morgan fingerprint density at radius 3 is 2.09 bits per heavy atom. The maximum absolute atomic E-state index is 12.6. The number of hydrogen-bond acceptors (Lipinski definition) is 5. The molecule has 0 atom stereocenters. The van der Waals surface area contributed by atoms with Crippen LogP contribution >= 0.6 is 0 Å². The van der Waals surface area contributed by atoms with Gasteiger partial charge in [0.25, 0.3) is 6.10 Å². The topological polar surface area (TPSA) is 71.2 Å². The number of alkyl halides is 6. The quantitative estimate of drug-likeness (QED) is 0.492. The Morgan fingerprint density at radius 1 is 1.06 bits per heavy atom. The van der Waals surface area contributed by atoms with E-state index in [9.17, 15) is 31.1 Å². The van der Waals surface area contributed by atoms with Crippen LogP contribution in [-0.2, 0) is 4.74 Å². The Hall–Kier alpha value is -2.76. The molecule has 0 radical (unpaired) electrons. The number of rotatable bonds is 6. The smallest absolute Gasteiger partial charge is 0.426 e. The summed E-state index contributed by atoms with van der Waals surface area (Å²) in [7, 11) is 0. The van der Waals surface area contributed by atoms with E-state index in [0.717, 1.165) is 10.5 Å². The summed E-state index contributed by atoms with van der Waals surface area (Å²) < 4.78 is 79.6. The lowest BCUT2D eigenvalue weighted by Gasteiger charge is -2.35. The van der Waals surface area contributed by atoms with Crippen molar-refractivity contribution >= 4 is 18.0 Å². The number of hydrogen-bond donors (Lipinski definition) is 1. The first kappa shape index (κ1) is 26.5. The Balaban J connectivity index is 2.05. The van der Waals surface area contributed by atoms with Gasteiger partial charge in [-0.05, 0) is 19.4 Å². The van der Waals surface area contributed by atoms with E-state index in [1.165, 1.54) is 0 Å². The predicted molar refractivity (Wildman–Crippen MR) is 112 cm³/mol. The molecular formula is C21H26F6N4O2. The first-order valence-corrected chi connectivity index (χ1v) is 10.2. The van der Waals surface area contributed by atoms with Gasteiger partial charge in [-0.1, -0.05) is 30.3 Å². The first-order chi connectivity index (χ1) is 15.3. The number of benzene rings is 1. The molecule has 0 spiro atoms. The van der Waals surface area contributed by atoms with Gasteiger partial charge in [0.15, 0.2) is 0 Å². The highest BCUT2D eigenvalue weighted by Crippen LogP contribution is 2.36.